The standard InChI is InChI=1S/C7H12O/c1-5-3-6(2)7(8)4-5/h5-6H,3-4H2,1-2H3/t5-,6+/m1/s1. The van der Waals surface area contributed by atoms with E-state index in [2.05, 4.69) is 6.92 Å². The molecule has 0 aromatic carbocycles. The first-order valence-corrected chi connectivity index (χ1v) is 3.23. The quantitative estimate of drug-likeness (QED) is 0.465. The van der Waals surface area contributed by atoms with Gasteiger partial charge in [-0.2, -0.15) is 0 Å². The molecule has 1 heteroatoms. The minimum Gasteiger partial charge on any atom is -0.299 e. The second-order valence-corrected chi connectivity index (χ2v) is 2.91. The summed E-state index contributed by atoms with van der Waals surface area (Å²) in [5.74, 6) is 1.46. The van der Waals surface area contributed by atoms with Crippen molar-refractivity contribution in [2.45, 2.75) is 26.7 Å². The molecule has 1 nitrogen and oxygen atoms in total. The first-order chi connectivity index (χ1) is 3.70. The summed E-state index contributed by atoms with van der Waals surface area (Å²) in [6.07, 6.45) is 1.93. The fourth-order valence-electron chi connectivity index (χ4n) is 1.36. The van der Waals surface area contributed by atoms with Crippen molar-refractivity contribution in [3.8, 4) is 0 Å². The summed E-state index contributed by atoms with van der Waals surface area (Å²) >= 11 is 0. The summed E-state index contributed by atoms with van der Waals surface area (Å²) in [6.45, 7) is 4.16. The van der Waals surface area contributed by atoms with E-state index in [0.717, 1.165) is 12.8 Å². The van der Waals surface area contributed by atoms with Gasteiger partial charge in [0, 0.05) is 12.3 Å². The first-order valence-electron chi connectivity index (χ1n) is 3.23. The van der Waals surface area contributed by atoms with Crippen molar-refractivity contribution in [3.63, 3.8) is 0 Å². The maximum absolute atomic E-state index is 10.8. The molecule has 0 bridgehead atoms. The van der Waals surface area contributed by atoms with Crippen LogP contribution in [0.4, 0.5) is 0 Å². The smallest absolute Gasteiger partial charge is 0.135 e. The molecule has 1 aliphatic carbocycles. The van der Waals surface area contributed by atoms with Crippen molar-refractivity contribution >= 4 is 5.78 Å². The number of hydrogen-bond acceptors (Lipinski definition) is 1. The lowest BCUT2D eigenvalue weighted by atomic mass is 10.1. The predicted molar refractivity (Wildman–Crippen MR) is 32.6 cm³/mol. The van der Waals surface area contributed by atoms with Crippen LogP contribution in [0, 0.1) is 11.8 Å². The predicted octanol–water partition coefficient (Wildman–Crippen LogP) is 1.62. The Bertz CT molecular complexity index is 107. The number of ketones is 1. The second-order valence-electron chi connectivity index (χ2n) is 2.91. The van der Waals surface area contributed by atoms with Gasteiger partial charge in [-0.05, 0) is 12.3 Å². The summed E-state index contributed by atoms with van der Waals surface area (Å²) in [4.78, 5) is 10.8. The third kappa shape index (κ3) is 0.908. The highest BCUT2D eigenvalue weighted by molar-refractivity contribution is 5.82. The van der Waals surface area contributed by atoms with Gasteiger partial charge < -0.3 is 0 Å². The van der Waals surface area contributed by atoms with E-state index in [1.165, 1.54) is 0 Å². The largest absolute Gasteiger partial charge is 0.299 e. The zero-order valence-electron chi connectivity index (χ0n) is 5.48. The van der Waals surface area contributed by atoms with Crippen LogP contribution < -0.4 is 0 Å². The Balaban J connectivity index is 2.51. The molecule has 46 valence electrons. The van der Waals surface area contributed by atoms with Crippen molar-refractivity contribution in [2.75, 3.05) is 0 Å². The van der Waals surface area contributed by atoms with Gasteiger partial charge in [-0.25, -0.2) is 0 Å². The monoisotopic (exact) mass is 112 g/mol. The lowest BCUT2D eigenvalue weighted by molar-refractivity contribution is -0.120. The highest BCUT2D eigenvalue weighted by atomic mass is 16.1. The van der Waals surface area contributed by atoms with Crippen molar-refractivity contribution in [2.24, 2.45) is 11.8 Å². The van der Waals surface area contributed by atoms with Crippen LogP contribution in [0.5, 0.6) is 0 Å². The van der Waals surface area contributed by atoms with Crippen LogP contribution in [0.1, 0.15) is 26.7 Å². The molecule has 0 saturated heterocycles. The van der Waals surface area contributed by atoms with Crippen LogP contribution >= 0.6 is 0 Å². The van der Waals surface area contributed by atoms with Gasteiger partial charge in [0.1, 0.15) is 5.78 Å². The minimum absolute atomic E-state index is 0.352. The molecule has 0 aromatic rings. The molecule has 0 aliphatic heterocycles. The molecular weight excluding hydrogens is 100 g/mol. The molecule has 2 atom stereocenters. The number of Topliss-reactive ketones (excluding diaryl/α,β-unsaturated/α-hetero) is 1. The Morgan fingerprint density at radius 3 is 2.25 bits per heavy atom. The van der Waals surface area contributed by atoms with E-state index >= 15 is 0 Å². The fourth-order valence-corrected chi connectivity index (χ4v) is 1.36. The summed E-state index contributed by atoms with van der Waals surface area (Å²) in [6, 6.07) is 0. The molecule has 0 spiro atoms. The second kappa shape index (κ2) is 1.88. The van der Waals surface area contributed by atoms with Gasteiger partial charge >= 0.3 is 0 Å². The van der Waals surface area contributed by atoms with Gasteiger partial charge in [0.15, 0.2) is 0 Å². The van der Waals surface area contributed by atoms with E-state index in [9.17, 15) is 4.79 Å². The molecule has 0 amide bonds. The van der Waals surface area contributed by atoms with Gasteiger partial charge in [-0.3, -0.25) is 4.79 Å². The zero-order valence-corrected chi connectivity index (χ0v) is 5.48. The summed E-state index contributed by atoms with van der Waals surface area (Å²) in [5, 5.41) is 0. The van der Waals surface area contributed by atoms with E-state index < -0.39 is 0 Å². The fraction of sp³-hybridized carbons (Fsp3) is 0.857. The molecule has 1 aliphatic rings. The van der Waals surface area contributed by atoms with E-state index in [4.69, 9.17) is 0 Å². The van der Waals surface area contributed by atoms with E-state index in [1.807, 2.05) is 6.92 Å². The third-order valence-corrected chi connectivity index (χ3v) is 1.86. The molecular formula is C7H12O. The molecule has 8 heavy (non-hydrogen) atoms. The minimum atomic E-state index is 0.352. The Kier molecular flexibility index (Phi) is 1.37. The van der Waals surface area contributed by atoms with Gasteiger partial charge in [-0.1, -0.05) is 13.8 Å². The number of hydrogen-bond donors (Lipinski definition) is 0. The van der Waals surface area contributed by atoms with Crippen LogP contribution in [-0.2, 0) is 4.79 Å². The third-order valence-electron chi connectivity index (χ3n) is 1.86. The van der Waals surface area contributed by atoms with Crippen LogP contribution in [0.15, 0.2) is 0 Å². The zero-order chi connectivity index (χ0) is 6.15. The lowest BCUT2D eigenvalue weighted by Gasteiger charge is -1.94. The number of rotatable bonds is 0. The molecule has 1 rings (SSSR count). The van der Waals surface area contributed by atoms with Crippen molar-refractivity contribution < 1.29 is 4.79 Å². The van der Waals surface area contributed by atoms with E-state index in [1.54, 1.807) is 0 Å². The molecule has 0 N–H and O–H groups in total. The lowest BCUT2D eigenvalue weighted by Crippen LogP contribution is -1.98. The highest BCUT2D eigenvalue weighted by Crippen LogP contribution is 2.25. The first kappa shape index (κ1) is 5.80. The normalized spacial score (nSPS) is 38.5. The molecule has 1 saturated carbocycles. The number of carbonyl (C=O) groups excluding carboxylic acids is 1. The molecule has 0 heterocycles. The Morgan fingerprint density at radius 1 is 1.50 bits per heavy atom. The van der Waals surface area contributed by atoms with Crippen molar-refractivity contribution in [1.29, 1.82) is 0 Å². The maximum Gasteiger partial charge on any atom is 0.135 e. The Hall–Kier alpha value is -0.330. The summed E-state index contributed by atoms with van der Waals surface area (Å²) < 4.78 is 0. The Labute approximate surface area is 50.1 Å². The van der Waals surface area contributed by atoms with Gasteiger partial charge in [0.05, 0.1) is 0 Å². The summed E-state index contributed by atoms with van der Waals surface area (Å²) in [5.41, 5.74) is 0. The van der Waals surface area contributed by atoms with Gasteiger partial charge in [0.2, 0.25) is 0 Å². The van der Waals surface area contributed by atoms with Gasteiger partial charge in [0.25, 0.3) is 0 Å². The average Bonchev–Trinajstić information content (AvgIpc) is 1.85. The topological polar surface area (TPSA) is 17.1 Å². The summed E-state index contributed by atoms with van der Waals surface area (Å²) in [7, 11) is 0. The highest BCUT2D eigenvalue weighted by Gasteiger charge is 2.25. The van der Waals surface area contributed by atoms with Crippen molar-refractivity contribution in [3.05, 3.63) is 0 Å². The van der Waals surface area contributed by atoms with Crippen molar-refractivity contribution in [1.82, 2.24) is 0 Å². The van der Waals surface area contributed by atoms with Crippen LogP contribution in [0.25, 0.3) is 0 Å². The van der Waals surface area contributed by atoms with Gasteiger partial charge in [-0.15, -0.1) is 0 Å². The average molecular weight is 112 g/mol. The van der Waals surface area contributed by atoms with Crippen LogP contribution in [0.2, 0.25) is 0 Å². The molecule has 0 radical (unpaired) electrons. The van der Waals surface area contributed by atoms with E-state index in [0.29, 0.717) is 17.6 Å². The SMILES string of the molecule is C[C@H]1CC(=O)[C@@H](C)C1. The Morgan fingerprint density at radius 2 is 2.12 bits per heavy atom. The molecule has 0 unspecified atom stereocenters. The van der Waals surface area contributed by atoms with E-state index in [-0.39, 0.29) is 0 Å². The van der Waals surface area contributed by atoms with Crippen LogP contribution in [0.3, 0.4) is 0 Å². The molecule has 1 fully saturated rings. The molecule has 0 aromatic heterocycles. The van der Waals surface area contributed by atoms with Crippen LogP contribution in [-0.4, -0.2) is 5.78 Å². The maximum atomic E-state index is 10.8. The number of carbonyl (C=O) groups is 1.